The van der Waals surface area contributed by atoms with E-state index in [9.17, 15) is 9.59 Å². The maximum absolute atomic E-state index is 12.5. The van der Waals surface area contributed by atoms with E-state index in [1.54, 1.807) is 17.9 Å². The second-order valence-corrected chi connectivity index (χ2v) is 13.0. The lowest BCUT2D eigenvalue weighted by atomic mass is 9.46. The summed E-state index contributed by atoms with van der Waals surface area (Å²) in [6, 6.07) is 3.54. The number of amides is 1. The molecule has 0 spiro atoms. The number of alkyl carbamates (subject to hydrolysis) is 1. The number of morpholine rings is 1. The van der Waals surface area contributed by atoms with Crippen LogP contribution in [0.15, 0.2) is 39.3 Å². The average Bonchev–Trinajstić information content (AvgIpc) is 3.27. The summed E-state index contributed by atoms with van der Waals surface area (Å²) >= 11 is 0. The predicted molar refractivity (Wildman–Crippen MR) is 145 cm³/mol. The van der Waals surface area contributed by atoms with Gasteiger partial charge in [-0.15, -0.1) is 0 Å². The fraction of sp³-hybridized carbons (Fsp3) is 0.742. The second kappa shape index (κ2) is 10.5. The summed E-state index contributed by atoms with van der Waals surface area (Å²) in [7, 11) is 0. The summed E-state index contributed by atoms with van der Waals surface area (Å²) in [6.07, 6.45) is 13.1. The Morgan fingerprint density at radius 2 is 1.97 bits per heavy atom. The minimum Gasteiger partial charge on any atom is -0.446 e. The van der Waals surface area contributed by atoms with Crippen molar-refractivity contribution in [1.82, 2.24) is 10.2 Å². The molecular weight excluding hydrogens is 480 g/mol. The number of fused-ring (bicyclic) bond motifs is 5. The minimum atomic E-state index is -0.273. The van der Waals surface area contributed by atoms with E-state index in [-0.39, 0.29) is 23.2 Å². The van der Waals surface area contributed by atoms with Crippen LogP contribution in [0.1, 0.15) is 76.7 Å². The summed E-state index contributed by atoms with van der Waals surface area (Å²) in [4.78, 5) is 26.4. The Morgan fingerprint density at radius 1 is 1.13 bits per heavy atom. The third kappa shape index (κ3) is 4.74. The number of nitrogens with zero attached hydrogens (tertiary/aromatic N) is 1. The first-order valence-corrected chi connectivity index (χ1v) is 14.9. The van der Waals surface area contributed by atoms with Crippen LogP contribution in [0.3, 0.4) is 0 Å². The van der Waals surface area contributed by atoms with Crippen LogP contribution in [0.25, 0.3) is 0 Å². The largest absolute Gasteiger partial charge is 0.446 e. The van der Waals surface area contributed by atoms with Crippen molar-refractivity contribution in [3.63, 3.8) is 0 Å². The number of carbonyl (C=O) groups is 1. The zero-order valence-corrected chi connectivity index (χ0v) is 23.1. The van der Waals surface area contributed by atoms with E-state index in [0.29, 0.717) is 35.6 Å². The molecule has 5 aliphatic rings. The standard InChI is InChI=1S/C31H44N2O5/c1-30-11-9-23(38-29(35)32-13-14-33-15-17-36-18-16-33)19-22(30)4-5-24-26-7-6-25(21-3-8-28(34)37-20-21)31(26,2)12-10-27(24)30/h3,7-8,20,22-25,27H,4-6,9-19H2,1-2H3,(H,32,35). The molecule has 1 aliphatic heterocycles. The molecule has 0 aromatic carbocycles. The van der Waals surface area contributed by atoms with Gasteiger partial charge in [-0.2, -0.15) is 0 Å². The van der Waals surface area contributed by atoms with Crippen LogP contribution < -0.4 is 10.9 Å². The highest BCUT2D eigenvalue weighted by Gasteiger charge is 2.58. The van der Waals surface area contributed by atoms with Crippen LogP contribution in [-0.4, -0.2) is 56.5 Å². The molecule has 4 aliphatic carbocycles. The van der Waals surface area contributed by atoms with Crippen molar-refractivity contribution in [1.29, 1.82) is 0 Å². The second-order valence-electron chi connectivity index (χ2n) is 13.0. The predicted octanol–water partition coefficient (Wildman–Crippen LogP) is 5.11. The van der Waals surface area contributed by atoms with E-state index < -0.39 is 0 Å². The zero-order valence-electron chi connectivity index (χ0n) is 23.1. The molecule has 7 atom stereocenters. The maximum Gasteiger partial charge on any atom is 0.407 e. The third-order valence-electron chi connectivity index (χ3n) is 11.2. The number of nitrogens with one attached hydrogen (secondary N) is 1. The van der Waals surface area contributed by atoms with Crippen LogP contribution in [0.2, 0.25) is 0 Å². The lowest BCUT2D eigenvalue weighted by Crippen LogP contribution is -2.52. The average molecular weight is 525 g/mol. The Bertz CT molecular complexity index is 1090. The van der Waals surface area contributed by atoms with Crippen LogP contribution in [0.5, 0.6) is 0 Å². The number of hydrogen-bond donors (Lipinski definition) is 1. The van der Waals surface area contributed by atoms with E-state index in [1.165, 1.54) is 25.7 Å². The number of allylic oxidation sites excluding steroid dienone is 2. The summed E-state index contributed by atoms with van der Waals surface area (Å²) < 4.78 is 16.6. The van der Waals surface area contributed by atoms with Gasteiger partial charge < -0.3 is 19.2 Å². The first-order chi connectivity index (χ1) is 18.4. The summed E-state index contributed by atoms with van der Waals surface area (Å²) in [5.41, 5.74) is 3.03. The molecule has 3 saturated carbocycles. The fourth-order valence-electron chi connectivity index (χ4n) is 9.06. The van der Waals surface area contributed by atoms with Crippen molar-refractivity contribution in [3.8, 4) is 0 Å². The van der Waals surface area contributed by atoms with E-state index in [2.05, 4.69) is 30.1 Å². The van der Waals surface area contributed by atoms with Crippen LogP contribution >= 0.6 is 0 Å². The fourth-order valence-corrected chi connectivity index (χ4v) is 9.06. The smallest absolute Gasteiger partial charge is 0.407 e. The van der Waals surface area contributed by atoms with Gasteiger partial charge in [0.05, 0.1) is 19.5 Å². The van der Waals surface area contributed by atoms with Gasteiger partial charge in [0, 0.05) is 32.2 Å². The van der Waals surface area contributed by atoms with E-state index in [0.717, 1.165) is 64.1 Å². The van der Waals surface area contributed by atoms with Crippen LogP contribution in [-0.2, 0) is 9.47 Å². The highest BCUT2D eigenvalue weighted by Crippen LogP contribution is 2.67. The third-order valence-corrected chi connectivity index (χ3v) is 11.2. The van der Waals surface area contributed by atoms with Crippen molar-refractivity contribution in [2.24, 2.45) is 28.6 Å². The number of rotatable bonds is 5. The van der Waals surface area contributed by atoms with E-state index >= 15 is 0 Å². The zero-order chi connectivity index (χ0) is 26.3. The summed E-state index contributed by atoms with van der Waals surface area (Å²) in [5.74, 6) is 2.38. The molecule has 2 heterocycles. The van der Waals surface area contributed by atoms with Gasteiger partial charge in [-0.3, -0.25) is 4.90 Å². The molecule has 6 rings (SSSR count). The van der Waals surface area contributed by atoms with Crippen molar-refractivity contribution in [2.75, 3.05) is 39.4 Å². The Balaban J connectivity index is 1.05. The molecule has 1 aromatic rings. The van der Waals surface area contributed by atoms with Crippen molar-refractivity contribution in [3.05, 3.63) is 46.0 Å². The first-order valence-electron chi connectivity index (χ1n) is 14.9. The minimum absolute atomic E-state index is 0.0321. The Morgan fingerprint density at radius 3 is 2.76 bits per heavy atom. The number of ether oxygens (including phenoxy) is 2. The van der Waals surface area contributed by atoms with Crippen molar-refractivity contribution < 1.29 is 18.7 Å². The van der Waals surface area contributed by atoms with Gasteiger partial charge in [0.1, 0.15) is 6.10 Å². The van der Waals surface area contributed by atoms with E-state index in [4.69, 9.17) is 13.9 Å². The van der Waals surface area contributed by atoms with Gasteiger partial charge in [-0.1, -0.05) is 25.5 Å². The topological polar surface area (TPSA) is 81.0 Å². The maximum atomic E-state index is 12.5. The normalized spacial score (nSPS) is 38.9. The Hall–Kier alpha value is -2.12. The van der Waals surface area contributed by atoms with Gasteiger partial charge in [0.25, 0.3) is 0 Å². The Labute approximate surface area is 226 Å². The van der Waals surface area contributed by atoms with Crippen molar-refractivity contribution in [2.45, 2.75) is 77.2 Å². The summed E-state index contributed by atoms with van der Waals surface area (Å²) in [5, 5.41) is 2.98. The molecule has 7 nitrogen and oxygen atoms in total. The molecule has 0 bridgehead atoms. The number of carbonyl (C=O) groups excluding carboxylic acids is 1. The molecule has 0 radical (unpaired) electrons. The lowest BCUT2D eigenvalue weighted by molar-refractivity contribution is -0.0842. The molecule has 38 heavy (non-hydrogen) atoms. The molecule has 208 valence electrons. The number of hydrogen-bond acceptors (Lipinski definition) is 6. The van der Waals surface area contributed by atoms with Gasteiger partial charge >= 0.3 is 11.7 Å². The molecule has 1 N–H and O–H groups in total. The molecule has 7 unspecified atom stereocenters. The monoisotopic (exact) mass is 524 g/mol. The van der Waals surface area contributed by atoms with Gasteiger partial charge in [0.15, 0.2) is 0 Å². The first kappa shape index (κ1) is 26.1. The van der Waals surface area contributed by atoms with Crippen LogP contribution in [0.4, 0.5) is 4.79 Å². The molecular formula is C31H44N2O5. The van der Waals surface area contributed by atoms with E-state index in [1.807, 2.05) is 6.07 Å². The highest BCUT2D eigenvalue weighted by molar-refractivity contribution is 5.67. The quantitative estimate of drug-likeness (QED) is 0.539. The SMILES string of the molecule is CC12CCC3C(CCC4CC(OC(=O)NCCN5CCOCC5)CCC43C)C1=CCC2c1ccc(=O)oc1. The summed E-state index contributed by atoms with van der Waals surface area (Å²) in [6.45, 7) is 9.88. The van der Waals surface area contributed by atoms with Crippen molar-refractivity contribution >= 4 is 6.09 Å². The highest BCUT2D eigenvalue weighted by atomic mass is 16.6. The van der Waals surface area contributed by atoms with Gasteiger partial charge in [0.2, 0.25) is 0 Å². The van der Waals surface area contributed by atoms with Gasteiger partial charge in [-0.25, -0.2) is 9.59 Å². The van der Waals surface area contributed by atoms with Crippen LogP contribution in [0, 0.1) is 28.6 Å². The molecule has 1 saturated heterocycles. The molecule has 4 fully saturated rings. The Kier molecular flexibility index (Phi) is 7.19. The van der Waals surface area contributed by atoms with Gasteiger partial charge in [-0.05, 0) is 97.5 Å². The molecule has 7 heteroatoms. The molecule has 1 amide bonds. The lowest BCUT2D eigenvalue weighted by Gasteiger charge is -2.59. The molecule has 1 aromatic heterocycles.